The van der Waals surface area contributed by atoms with Crippen LogP contribution in [0.3, 0.4) is 0 Å². The molecule has 3 nitrogen and oxygen atoms in total. The SMILES string of the molecule is O=c1cc(O)ccn1Cc1ccccc1. The highest BCUT2D eigenvalue weighted by Crippen LogP contribution is 2.04. The predicted octanol–water partition coefficient (Wildman–Crippen LogP) is 1.60. The van der Waals surface area contributed by atoms with Crippen LogP contribution < -0.4 is 5.56 Å². The van der Waals surface area contributed by atoms with Crippen molar-refractivity contribution in [1.82, 2.24) is 4.57 Å². The first kappa shape index (κ1) is 9.52. The number of nitrogens with zero attached hydrogens (tertiary/aromatic N) is 1. The van der Waals surface area contributed by atoms with Crippen LogP contribution in [0.25, 0.3) is 0 Å². The van der Waals surface area contributed by atoms with Crippen molar-refractivity contribution in [3.8, 4) is 5.75 Å². The molecule has 1 aromatic carbocycles. The van der Waals surface area contributed by atoms with E-state index in [9.17, 15) is 4.79 Å². The van der Waals surface area contributed by atoms with E-state index in [0.717, 1.165) is 5.56 Å². The van der Waals surface area contributed by atoms with Crippen molar-refractivity contribution in [3.63, 3.8) is 0 Å². The van der Waals surface area contributed by atoms with Crippen LogP contribution in [0.5, 0.6) is 5.75 Å². The smallest absolute Gasteiger partial charge is 0.254 e. The molecular weight excluding hydrogens is 190 g/mol. The average Bonchev–Trinajstić information content (AvgIpc) is 2.24. The minimum absolute atomic E-state index is 0.00399. The highest BCUT2D eigenvalue weighted by atomic mass is 16.3. The van der Waals surface area contributed by atoms with Crippen molar-refractivity contribution in [2.45, 2.75) is 6.54 Å². The Morgan fingerprint density at radius 2 is 1.87 bits per heavy atom. The first-order valence-corrected chi connectivity index (χ1v) is 4.69. The summed E-state index contributed by atoms with van der Waals surface area (Å²) in [7, 11) is 0. The molecule has 0 atom stereocenters. The standard InChI is InChI=1S/C12H11NO2/c14-11-6-7-13(12(15)8-11)9-10-4-2-1-3-5-10/h1-8,14H,9H2. The van der Waals surface area contributed by atoms with Gasteiger partial charge in [0.15, 0.2) is 0 Å². The Bertz CT molecular complexity index is 503. The summed E-state index contributed by atoms with van der Waals surface area (Å²) >= 11 is 0. The molecule has 0 saturated heterocycles. The van der Waals surface area contributed by atoms with Gasteiger partial charge in [0.05, 0.1) is 6.54 Å². The van der Waals surface area contributed by atoms with Gasteiger partial charge in [-0.05, 0) is 11.6 Å². The molecule has 0 amide bonds. The maximum Gasteiger partial charge on any atom is 0.254 e. The van der Waals surface area contributed by atoms with Crippen LogP contribution in [0.15, 0.2) is 53.5 Å². The lowest BCUT2D eigenvalue weighted by molar-refractivity contribution is 0.471. The van der Waals surface area contributed by atoms with Gasteiger partial charge < -0.3 is 9.67 Å². The maximum atomic E-state index is 11.4. The summed E-state index contributed by atoms with van der Waals surface area (Å²) in [5, 5.41) is 9.09. The topological polar surface area (TPSA) is 42.2 Å². The van der Waals surface area contributed by atoms with Gasteiger partial charge in [0.1, 0.15) is 5.75 Å². The van der Waals surface area contributed by atoms with E-state index in [1.807, 2.05) is 30.3 Å². The molecule has 3 heteroatoms. The largest absolute Gasteiger partial charge is 0.508 e. The van der Waals surface area contributed by atoms with E-state index in [1.54, 1.807) is 10.8 Å². The number of pyridine rings is 1. The summed E-state index contributed by atoms with van der Waals surface area (Å²) in [6, 6.07) is 12.4. The molecule has 0 aliphatic carbocycles. The Morgan fingerprint density at radius 1 is 1.13 bits per heavy atom. The fourth-order valence-electron chi connectivity index (χ4n) is 1.41. The predicted molar refractivity (Wildman–Crippen MR) is 57.9 cm³/mol. The Kier molecular flexibility index (Phi) is 2.54. The van der Waals surface area contributed by atoms with E-state index < -0.39 is 0 Å². The van der Waals surface area contributed by atoms with Crippen molar-refractivity contribution < 1.29 is 5.11 Å². The molecule has 0 saturated carbocycles. The van der Waals surface area contributed by atoms with Gasteiger partial charge in [-0.15, -0.1) is 0 Å². The van der Waals surface area contributed by atoms with Crippen molar-refractivity contribution in [2.75, 3.05) is 0 Å². The quantitative estimate of drug-likeness (QED) is 0.801. The van der Waals surface area contributed by atoms with Gasteiger partial charge in [0, 0.05) is 12.3 Å². The zero-order valence-electron chi connectivity index (χ0n) is 8.13. The molecule has 1 aromatic heterocycles. The lowest BCUT2D eigenvalue weighted by Gasteiger charge is -2.04. The zero-order valence-corrected chi connectivity index (χ0v) is 8.13. The molecule has 0 bridgehead atoms. The number of benzene rings is 1. The Morgan fingerprint density at radius 3 is 2.53 bits per heavy atom. The molecule has 2 rings (SSSR count). The molecule has 76 valence electrons. The van der Waals surface area contributed by atoms with Crippen molar-refractivity contribution in [2.24, 2.45) is 0 Å². The molecule has 0 aliphatic rings. The summed E-state index contributed by atoms with van der Waals surface area (Å²) in [5.41, 5.74) is 0.865. The van der Waals surface area contributed by atoms with Crippen molar-refractivity contribution in [1.29, 1.82) is 0 Å². The first-order chi connectivity index (χ1) is 7.25. The van der Waals surface area contributed by atoms with Crippen molar-refractivity contribution >= 4 is 0 Å². The van der Waals surface area contributed by atoms with E-state index in [1.165, 1.54) is 12.1 Å². The van der Waals surface area contributed by atoms with Gasteiger partial charge in [-0.3, -0.25) is 4.79 Å². The number of rotatable bonds is 2. The lowest BCUT2D eigenvalue weighted by atomic mass is 10.2. The first-order valence-electron chi connectivity index (χ1n) is 4.69. The normalized spacial score (nSPS) is 10.1. The molecule has 1 heterocycles. The van der Waals surface area contributed by atoms with Gasteiger partial charge in [0.25, 0.3) is 5.56 Å². The van der Waals surface area contributed by atoms with Crippen LogP contribution in [0.2, 0.25) is 0 Å². The molecule has 0 aliphatic heterocycles. The third-order valence-electron chi connectivity index (χ3n) is 2.18. The molecular formula is C12H11NO2. The summed E-state index contributed by atoms with van der Waals surface area (Å²) < 4.78 is 1.55. The van der Waals surface area contributed by atoms with Gasteiger partial charge >= 0.3 is 0 Å². The third kappa shape index (κ3) is 2.26. The second-order valence-corrected chi connectivity index (χ2v) is 3.34. The zero-order chi connectivity index (χ0) is 10.7. The van der Waals surface area contributed by atoms with E-state index in [4.69, 9.17) is 5.11 Å². The highest BCUT2D eigenvalue weighted by molar-refractivity contribution is 5.18. The summed E-state index contributed by atoms with van der Waals surface area (Å²) in [6.45, 7) is 0.528. The Labute approximate surface area is 87.2 Å². The van der Waals surface area contributed by atoms with Gasteiger partial charge in [-0.2, -0.15) is 0 Å². The minimum Gasteiger partial charge on any atom is -0.508 e. The van der Waals surface area contributed by atoms with E-state index in [0.29, 0.717) is 6.54 Å². The number of aromatic nitrogens is 1. The molecule has 2 aromatic rings. The van der Waals surface area contributed by atoms with Crippen LogP contribution in [0, 0.1) is 0 Å². The van der Waals surface area contributed by atoms with Crippen LogP contribution in [-0.4, -0.2) is 9.67 Å². The highest BCUT2D eigenvalue weighted by Gasteiger charge is 1.97. The van der Waals surface area contributed by atoms with E-state index in [-0.39, 0.29) is 11.3 Å². The van der Waals surface area contributed by atoms with Gasteiger partial charge in [-0.1, -0.05) is 30.3 Å². The summed E-state index contributed by atoms with van der Waals surface area (Å²) in [5.74, 6) is 0.00399. The van der Waals surface area contributed by atoms with Crippen LogP contribution in [0.4, 0.5) is 0 Å². The van der Waals surface area contributed by atoms with Gasteiger partial charge in [-0.25, -0.2) is 0 Å². The number of hydrogen-bond donors (Lipinski definition) is 1. The fourth-order valence-corrected chi connectivity index (χ4v) is 1.41. The van der Waals surface area contributed by atoms with Gasteiger partial charge in [0.2, 0.25) is 0 Å². The van der Waals surface area contributed by atoms with Crippen LogP contribution >= 0.6 is 0 Å². The second-order valence-electron chi connectivity index (χ2n) is 3.34. The monoisotopic (exact) mass is 201 g/mol. The molecule has 0 spiro atoms. The molecule has 15 heavy (non-hydrogen) atoms. The lowest BCUT2D eigenvalue weighted by Crippen LogP contribution is -2.18. The second kappa shape index (κ2) is 4.00. The molecule has 0 radical (unpaired) electrons. The summed E-state index contributed by atoms with van der Waals surface area (Å²) in [6.07, 6.45) is 1.59. The van der Waals surface area contributed by atoms with E-state index in [2.05, 4.69) is 0 Å². The maximum absolute atomic E-state index is 11.4. The minimum atomic E-state index is -0.196. The molecule has 0 unspecified atom stereocenters. The third-order valence-corrected chi connectivity index (χ3v) is 2.18. The summed E-state index contributed by atoms with van der Waals surface area (Å²) in [4.78, 5) is 11.4. The Hall–Kier alpha value is -2.03. The molecule has 0 fully saturated rings. The van der Waals surface area contributed by atoms with E-state index >= 15 is 0 Å². The van der Waals surface area contributed by atoms with Crippen LogP contribution in [-0.2, 0) is 6.54 Å². The van der Waals surface area contributed by atoms with Crippen molar-refractivity contribution in [3.05, 3.63) is 64.6 Å². The number of hydrogen-bond acceptors (Lipinski definition) is 2. The van der Waals surface area contributed by atoms with Crippen LogP contribution in [0.1, 0.15) is 5.56 Å². The number of aromatic hydroxyl groups is 1. The average molecular weight is 201 g/mol. The molecule has 1 N–H and O–H groups in total. The Balaban J connectivity index is 2.29. The fraction of sp³-hybridized carbons (Fsp3) is 0.0833.